The lowest BCUT2D eigenvalue weighted by Gasteiger charge is -2.43. The highest BCUT2D eigenvalue weighted by molar-refractivity contribution is 5.00. The zero-order chi connectivity index (χ0) is 12.6. The van der Waals surface area contributed by atoms with E-state index in [1.54, 1.807) is 0 Å². The van der Waals surface area contributed by atoms with Gasteiger partial charge >= 0.3 is 0 Å². The summed E-state index contributed by atoms with van der Waals surface area (Å²) in [5.74, 6) is 6.14. The van der Waals surface area contributed by atoms with Gasteiger partial charge in [-0.3, -0.25) is 0 Å². The van der Waals surface area contributed by atoms with E-state index in [1.165, 1.54) is 0 Å². The molecule has 0 aromatic carbocycles. The summed E-state index contributed by atoms with van der Waals surface area (Å²) >= 11 is 0. The summed E-state index contributed by atoms with van der Waals surface area (Å²) in [6.45, 7) is 9.70. The SMILES string of the molecule is CC#CCCC(NCC)C(C)(CC)N(C)C. The average Bonchev–Trinajstić information content (AvgIpc) is 2.27. The molecule has 2 heteroatoms. The van der Waals surface area contributed by atoms with Crippen molar-refractivity contribution in [2.75, 3.05) is 20.6 Å². The van der Waals surface area contributed by atoms with Gasteiger partial charge in [-0.2, -0.15) is 0 Å². The van der Waals surface area contributed by atoms with Crippen LogP contribution in [0, 0.1) is 11.8 Å². The summed E-state index contributed by atoms with van der Waals surface area (Å²) in [6.07, 6.45) is 3.26. The molecule has 0 aliphatic heterocycles. The van der Waals surface area contributed by atoms with Crippen LogP contribution in [0.1, 0.15) is 47.0 Å². The van der Waals surface area contributed by atoms with E-state index >= 15 is 0 Å². The van der Waals surface area contributed by atoms with Gasteiger partial charge in [-0.25, -0.2) is 0 Å². The van der Waals surface area contributed by atoms with Gasteiger partial charge in [-0.05, 0) is 47.3 Å². The lowest BCUT2D eigenvalue weighted by Crippen LogP contribution is -2.56. The van der Waals surface area contributed by atoms with Gasteiger partial charge in [0.1, 0.15) is 0 Å². The fourth-order valence-corrected chi connectivity index (χ4v) is 2.10. The molecule has 0 fully saturated rings. The standard InChI is InChI=1S/C14H28N2/c1-7-10-11-12-13(15-9-3)14(4,8-2)16(5)6/h13,15H,8-9,11-12H2,1-6H3. The summed E-state index contributed by atoms with van der Waals surface area (Å²) in [6, 6.07) is 0.512. The zero-order valence-electron chi connectivity index (χ0n) is 11.9. The Kier molecular flexibility index (Phi) is 7.45. The van der Waals surface area contributed by atoms with Crippen molar-refractivity contribution in [2.24, 2.45) is 0 Å². The van der Waals surface area contributed by atoms with Gasteiger partial charge in [-0.1, -0.05) is 13.8 Å². The van der Waals surface area contributed by atoms with Crippen LogP contribution in [0.4, 0.5) is 0 Å². The van der Waals surface area contributed by atoms with Gasteiger partial charge in [0.2, 0.25) is 0 Å². The van der Waals surface area contributed by atoms with Gasteiger partial charge < -0.3 is 10.2 Å². The molecule has 2 atom stereocenters. The Morgan fingerprint density at radius 1 is 1.31 bits per heavy atom. The van der Waals surface area contributed by atoms with E-state index in [1.807, 2.05) is 6.92 Å². The molecule has 0 aliphatic rings. The Hall–Kier alpha value is -0.520. The van der Waals surface area contributed by atoms with Crippen molar-refractivity contribution in [3.8, 4) is 11.8 Å². The van der Waals surface area contributed by atoms with Crippen LogP contribution in [-0.2, 0) is 0 Å². The molecular weight excluding hydrogens is 196 g/mol. The number of nitrogens with zero attached hydrogens (tertiary/aromatic N) is 1. The first-order valence-corrected chi connectivity index (χ1v) is 6.33. The Labute approximate surface area is 102 Å². The van der Waals surface area contributed by atoms with E-state index in [0.717, 1.165) is 25.8 Å². The third-order valence-corrected chi connectivity index (χ3v) is 3.67. The topological polar surface area (TPSA) is 15.3 Å². The van der Waals surface area contributed by atoms with E-state index in [9.17, 15) is 0 Å². The maximum atomic E-state index is 3.60. The Morgan fingerprint density at radius 2 is 1.94 bits per heavy atom. The Bertz CT molecular complexity index is 237. The van der Waals surface area contributed by atoms with Crippen molar-refractivity contribution in [3.05, 3.63) is 0 Å². The number of hydrogen-bond donors (Lipinski definition) is 1. The van der Waals surface area contributed by atoms with Crippen LogP contribution in [0.2, 0.25) is 0 Å². The summed E-state index contributed by atoms with van der Waals surface area (Å²) in [4.78, 5) is 2.33. The molecular formula is C14H28N2. The predicted molar refractivity (Wildman–Crippen MR) is 72.5 cm³/mol. The van der Waals surface area contributed by atoms with Crippen molar-refractivity contribution in [1.82, 2.24) is 10.2 Å². The molecule has 0 saturated carbocycles. The monoisotopic (exact) mass is 224 g/mol. The second-order valence-electron chi connectivity index (χ2n) is 4.68. The fourth-order valence-electron chi connectivity index (χ4n) is 2.10. The van der Waals surface area contributed by atoms with E-state index < -0.39 is 0 Å². The largest absolute Gasteiger partial charge is 0.312 e. The molecule has 2 unspecified atom stereocenters. The van der Waals surface area contributed by atoms with Crippen molar-refractivity contribution in [3.63, 3.8) is 0 Å². The predicted octanol–water partition coefficient (Wildman–Crippen LogP) is 2.50. The number of rotatable bonds is 7. The van der Waals surface area contributed by atoms with Crippen molar-refractivity contribution < 1.29 is 0 Å². The van der Waals surface area contributed by atoms with Crippen LogP contribution in [0.15, 0.2) is 0 Å². The van der Waals surface area contributed by atoms with Gasteiger partial charge in [0.15, 0.2) is 0 Å². The molecule has 94 valence electrons. The van der Waals surface area contributed by atoms with Crippen LogP contribution in [-0.4, -0.2) is 37.1 Å². The Morgan fingerprint density at radius 3 is 2.31 bits per heavy atom. The molecule has 1 N–H and O–H groups in total. The normalized spacial score (nSPS) is 16.4. The van der Waals surface area contributed by atoms with Gasteiger partial charge in [0.05, 0.1) is 0 Å². The zero-order valence-corrected chi connectivity index (χ0v) is 11.9. The maximum absolute atomic E-state index is 3.60. The number of hydrogen-bond acceptors (Lipinski definition) is 2. The van der Waals surface area contributed by atoms with Gasteiger partial charge in [0, 0.05) is 18.0 Å². The van der Waals surface area contributed by atoms with Gasteiger partial charge in [-0.15, -0.1) is 11.8 Å². The summed E-state index contributed by atoms with van der Waals surface area (Å²) in [5, 5.41) is 3.60. The second kappa shape index (κ2) is 7.70. The molecule has 0 saturated heterocycles. The fraction of sp³-hybridized carbons (Fsp3) is 0.857. The van der Waals surface area contributed by atoms with Crippen LogP contribution >= 0.6 is 0 Å². The van der Waals surface area contributed by atoms with E-state index in [4.69, 9.17) is 0 Å². The molecule has 0 aromatic heterocycles. The lowest BCUT2D eigenvalue weighted by atomic mass is 9.85. The molecule has 0 bridgehead atoms. The lowest BCUT2D eigenvalue weighted by molar-refractivity contribution is 0.109. The van der Waals surface area contributed by atoms with E-state index in [0.29, 0.717) is 6.04 Å². The molecule has 16 heavy (non-hydrogen) atoms. The molecule has 0 spiro atoms. The van der Waals surface area contributed by atoms with Crippen molar-refractivity contribution >= 4 is 0 Å². The molecule has 0 radical (unpaired) electrons. The molecule has 0 aromatic rings. The van der Waals surface area contributed by atoms with Crippen LogP contribution < -0.4 is 5.32 Å². The third kappa shape index (κ3) is 4.15. The second-order valence-corrected chi connectivity index (χ2v) is 4.68. The minimum absolute atomic E-state index is 0.214. The summed E-state index contributed by atoms with van der Waals surface area (Å²) in [7, 11) is 4.33. The highest BCUT2D eigenvalue weighted by atomic mass is 15.2. The number of nitrogens with one attached hydrogen (secondary N) is 1. The third-order valence-electron chi connectivity index (χ3n) is 3.67. The molecule has 2 nitrogen and oxygen atoms in total. The van der Waals surface area contributed by atoms with E-state index in [2.05, 4.69) is 56.9 Å². The summed E-state index contributed by atoms with van der Waals surface area (Å²) in [5.41, 5.74) is 0.214. The van der Waals surface area contributed by atoms with E-state index in [-0.39, 0.29) is 5.54 Å². The highest BCUT2D eigenvalue weighted by Gasteiger charge is 2.33. The smallest absolute Gasteiger partial charge is 0.0326 e. The molecule has 0 amide bonds. The minimum atomic E-state index is 0.214. The van der Waals surface area contributed by atoms with Crippen LogP contribution in [0.5, 0.6) is 0 Å². The Balaban J connectivity index is 4.62. The quantitative estimate of drug-likeness (QED) is 0.668. The van der Waals surface area contributed by atoms with Crippen molar-refractivity contribution in [2.45, 2.75) is 58.5 Å². The average molecular weight is 224 g/mol. The first-order chi connectivity index (χ1) is 7.52. The van der Waals surface area contributed by atoms with Crippen LogP contribution in [0.3, 0.4) is 0 Å². The molecule has 0 heterocycles. The highest BCUT2D eigenvalue weighted by Crippen LogP contribution is 2.24. The maximum Gasteiger partial charge on any atom is 0.0326 e. The molecule has 0 aliphatic carbocycles. The molecule has 0 rings (SSSR count). The van der Waals surface area contributed by atoms with Crippen LogP contribution in [0.25, 0.3) is 0 Å². The first kappa shape index (κ1) is 15.5. The van der Waals surface area contributed by atoms with Crippen molar-refractivity contribution in [1.29, 1.82) is 0 Å². The van der Waals surface area contributed by atoms with Gasteiger partial charge in [0.25, 0.3) is 0 Å². The minimum Gasteiger partial charge on any atom is -0.312 e. The number of likely N-dealkylation sites (N-methyl/N-ethyl adjacent to an activating group) is 2. The first-order valence-electron chi connectivity index (χ1n) is 6.33. The summed E-state index contributed by atoms with van der Waals surface area (Å²) < 4.78 is 0.